The lowest BCUT2D eigenvalue weighted by molar-refractivity contribution is 0.418. The molecule has 1 fully saturated rings. The molecule has 1 aliphatic carbocycles. The molecule has 3 heteroatoms. The van der Waals surface area contributed by atoms with E-state index in [0.717, 1.165) is 22.3 Å². The molecule has 0 aliphatic heterocycles. The van der Waals surface area contributed by atoms with E-state index in [0.29, 0.717) is 5.92 Å². The average Bonchev–Trinajstić information content (AvgIpc) is 2.99. The number of fused-ring (bicyclic) bond motifs is 1. The maximum Gasteiger partial charge on any atom is 0.145 e. The number of methoxy groups -OCH3 is 1. The number of pyridine rings is 1. The van der Waals surface area contributed by atoms with Crippen LogP contribution in [0.5, 0.6) is 5.75 Å². The molecule has 1 aromatic heterocycles. The Morgan fingerprint density at radius 2 is 2.05 bits per heavy atom. The Kier molecular flexibility index (Phi) is 3.28. The van der Waals surface area contributed by atoms with Crippen molar-refractivity contribution in [2.24, 2.45) is 0 Å². The first-order valence-electron chi connectivity index (χ1n) is 6.99. The monoisotopic (exact) mass is 256 g/mol. The van der Waals surface area contributed by atoms with E-state index in [1.807, 2.05) is 19.2 Å². The molecule has 1 heterocycles. The molecule has 0 bridgehead atoms. The van der Waals surface area contributed by atoms with Crippen molar-refractivity contribution in [1.82, 2.24) is 4.98 Å². The topological polar surface area (TPSA) is 34.2 Å². The zero-order valence-corrected chi connectivity index (χ0v) is 11.6. The van der Waals surface area contributed by atoms with Crippen molar-refractivity contribution in [2.75, 3.05) is 19.5 Å². The molecule has 100 valence electrons. The van der Waals surface area contributed by atoms with Crippen LogP contribution in [0.15, 0.2) is 24.3 Å². The number of benzene rings is 1. The van der Waals surface area contributed by atoms with Crippen molar-refractivity contribution in [2.45, 2.75) is 31.6 Å². The van der Waals surface area contributed by atoms with Gasteiger partial charge in [-0.05, 0) is 25.0 Å². The molecule has 0 spiro atoms. The summed E-state index contributed by atoms with van der Waals surface area (Å²) < 4.78 is 5.45. The summed E-state index contributed by atoms with van der Waals surface area (Å²) >= 11 is 0. The minimum atomic E-state index is 0.612. The van der Waals surface area contributed by atoms with Gasteiger partial charge in [-0.25, -0.2) is 4.98 Å². The molecular formula is C16H20N2O. The molecule has 19 heavy (non-hydrogen) atoms. The van der Waals surface area contributed by atoms with Crippen LogP contribution in [0, 0.1) is 0 Å². The molecular weight excluding hydrogens is 236 g/mol. The third-order valence-corrected chi connectivity index (χ3v) is 4.08. The molecule has 3 nitrogen and oxygen atoms in total. The van der Waals surface area contributed by atoms with Crippen LogP contribution < -0.4 is 10.1 Å². The van der Waals surface area contributed by atoms with Crippen LogP contribution in [0.4, 0.5) is 5.69 Å². The van der Waals surface area contributed by atoms with Gasteiger partial charge in [0.05, 0.1) is 7.11 Å². The molecule has 0 radical (unpaired) electrons. The average molecular weight is 256 g/mol. The van der Waals surface area contributed by atoms with Crippen molar-refractivity contribution >= 4 is 16.6 Å². The number of rotatable bonds is 3. The van der Waals surface area contributed by atoms with Gasteiger partial charge in [0.2, 0.25) is 0 Å². The Hall–Kier alpha value is -1.77. The van der Waals surface area contributed by atoms with Gasteiger partial charge in [-0.2, -0.15) is 0 Å². The van der Waals surface area contributed by atoms with Gasteiger partial charge in [-0.15, -0.1) is 0 Å². The second-order valence-corrected chi connectivity index (χ2v) is 5.18. The Balaban J connectivity index is 2.19. The SMILES string of the molecule is CNc1cc(C2CCCC2)nc2c(OC)cccc12. The quantitative estimate of drug-likeness (QED) is 0.903. The molecule has 3 rings (SSSR count). The lowest BCUT2D eigenvalue weighted by Gasteiger charge is -2.14. The summed E-state index contributed by atoms with van der Waals surface area (Å²) in [5, 5.41) is 4.42. The first-order chi connectivity index (χ1) is 9.33. The molecule has 1 N–H and O–H groups in total. The number of hydrogen-bond acceptors (Lipinski definition) is 3. The number of para-hydroxylation sites is 1. The number of aromatic nitrogens is 1. The normalized spacial score (nSPS) is 15.9. The fourth-order valence-electron chi connectivity index (χ4n) is 3.04. The largest absolute Gasteiger partial charge is 0.494 e. The van der Waals surface area contributed by atoms with E-state index in [1.54, 1.807) is 7.11 Å². The smallest absolute Gasteiger partial charge is 0.145 e. The van der Waals surface area contributed by atoms with Crippen molar-refractivity contribution in [3.63, 3.8) is 0 Å². The molecule has 2 aromatic rings. The molecule has 0 unspecified atom stereocenters. The molecule has 1 aliphatic rings. The van der Waals surface area contributed by atoms with Gasteiger partial charge in [0.15, 0.2) is 0 Å². The minimum Gasteiger partial charge on any atom is -0.494 e. The van der Waals surface area contributed by atoms with E-state index in [4.69, 9.17) is 9.72 Å². The summed E-state index contributed by atoms with van der Waals surface area (Å²) in [7, 11) is 3.67. The maximum atomic E-state index is 5.45. The predicted octanol–water partition coefficient (Wildman–Crippen LogP) is 3.94. The van der Waals surface area contributed by atoms with Crippen molar-refractivity contribution in [3.8, 4) is 5.75 Å². The number of anilines is 1. The van der Waals surface area contributed by atoms with Crippen LogP contribution >= 0.6 is 0 Å². The highest BCUT2D eigenvalue weighted by molar-refractivity contribution is 5.95. The highest BCUT2D eigenvalue weighted by Gasteiger charge is 2.20. The van der Waals surface area contributed by atoms with Gasteiger partial charge in [-0.3, -0.25) is 0 Å². The van der Waals surface area contributed by atoms with Gasteiger partial charge in [0, 0.05) is 29.7 Å². The zero-order valence-electron chi connectivity index (χ0n) is 11.6. The Labute approximate surface area is 114 Å². The van der Waals surface area contributed by atoms with Crippen molar-refractivity contribution < 1.29 is 4.74 Å². The van der Waals surface area contributed by atoms with Gasteiger partial charge in [0.25, 0.3) is 0 Å². The summed E-state index contributed by atoms with van der Waals surface area (Å²) in [6.45, 7) is 0. The van der Waals surface area contributed by atoms with Crippen LogP contribution in [0.3, 0.4) is 0 Å². The van der Waals surface area contributed by atoms with E-state index < -0.39 is 0 Å². The van der Waals surface area contributed by atoms with Crippen LogP contribution in [0.1, 0.15) is 37.3 Å². The Morgan fingerprint density at radius 1 is 1.26 bits per heavy atom. The second kappa shape index (κ2) is 5.08. The van der Waals surface area contributed by atoms with E-state index >= 15 is 0 Å². The minimum absolute atomic E-state index is 0.612. The van der Waals surface area contributed by atoms with Crippen molar-refractivity contribution in [1.29, 1.82) is 0 Å². The lowest BCUT2D eigenvalue weighted by Crippen LogP contribution is -2.01. The van der Waals surface area contributed by atoms with Crippen molar-refractivity contribution in [3.05, 3.63) is 30.0 Å². The molecule has 0 amide bonds. The second-order valence-electron chi connectivity index (χ2n) is 5.18. The molecule has 1 aromatic carbocycles. The standard InChI is InChI=1S/C16H20N2O/c1-17-14-10-13(11-6-3-4-7-11)18-16-12(14)8-5-9-15(16)19-2/h5,8-11H,3-4,6-7H2,1-2H3,(H,17,18). The van der Waals surface area contributed by atoms with Crippen LogP contribution in [-0.4, -0.2) is 19.1 Å². The predicted molar refractivity (Wildman–Crippen MR) is 79.1 cm³/mol. The van der Waals surface area contributed by atoms with Gasteiger partial charge in [0.1, 0.15) is 11.3 Å². The van der Waals surface area contributed by atoms with Crippen LogP contribution in [0.2, 0.25) is 0 Å². The fraction of sp³-hybridized carbons (Fsp3) is 0.438. The van der Waals surface area contributed by atoms with Gasteiger partial charge in [-0.1, -0.05) is 25.0 Å². The zero-order chi connectivity index (χ0) is 13.2. The molecule has 1 saturated carbocycles. The van der Waals surface area contributed by atoms with E-state index in [1.165, 1.54) is 31.4 Å². The third-order valence-electron chi connectivity index (χ3n) is 4.08. The first kappa shape index (κ1) is 12.3. The lowest BCUT2D eigenvalue weighted by atomic mass is 10.0. The van der Waals surface area contributed by atoms with Gasteiger partial charge >= 0.3 is 0 Å². The summed E-state index contributed by atoms with van der Waals surface area (Å²) in [4.78, 5) is 4.87. The number of hydrogen-bond donors (Lipinski definition) is 1. The summed E-state index contributed by atoms with van der Waals surface area (Å²) in [6.07, 6.45) is 5.17. The number of ether oxygens (including phenoxy) is 1. The number of nitrogens with zero attached hydrogens (tertiary/aromatic N) is 1. The summed E-state index contributed by atoms with van der Waals surface area (Å²) in [5.41, 5.74) is 3.32. The van der Waals surface area contributed by atoms with E-state index in [-0.39, 0.29) is 0 Å². The highest BCUT2D eigenvalue weighted by Crippen LogP contribution is 2.37. The fourth-order valence-corrected chi connectivity index (χ4v) is 3.04. The van der Waals surface area contributed by atoms with Crippen LogP contribution in [-0.2, 0) is 0 Å². The molecule has 0 saturated heterocycles. The van der Waals surface area contributed by atoms with E-state index in [2.05, 4.69) is 17.4 Å². The maximum absolute atomic E-state index is 5.45. The first-order valence-corrected chi connectivity index (χ1v) is 6.99. The number of nitrogens with one attached hydrogen (secondary N) is 1. The summed E-state index contributed by atoms with van der Waals surface area (Å²) in [6, 6.07) is 8.29. The summed E-state index contributed by atoms with van der Waals surface area (Å²) in [5.74, 6) is 1.47. The molecule has 0 atom stereocenters. The highest BCUT2D eigenvalue weighted by atomic mass is 16.5. The van der Waals surface area contributed by atoms with E-state index in [9.17, 15) is 0 Å². The third kappa shape index (κ3) is 2.14. The Bertz CT molecular complexity index is 589. The van der Waals surface area contributed by atoms with Gasteiger partial charge < -0.3 is 10.1 Å². The Morgan fingerprint density at radius 3 is 2.74 bits per heavy atom. The van der Waals surface area contributed by atoms with Crippen LogP contribution in [0.25, 0.3) is 10.9 Å².